The predicted molar refractivity (Wildman–Crippen MR) is 443 cm³/mol. The van der Waals surface area contributed by atoms with Crippen molar-refractivity contribution in [3.05, 3.63) is 147 Å². The van der Waals surface area contributed by atoms with E-state index in [1.807, 2.05) is 13.8 Å². The van der Waals surface area contributed by atoms with Gasteiger partial charge < -0.3 is 128 Å². The van der Waals surface area contributed by atoms with Crippen LogP contribution in [0.3, 0.4) is 0 Å². The smallest absolute Gasteiger partial charge is 0.257 e. The van der Waals surface area contributed by atoms with Crippen LogP contribution in [0.15, 0.2) is 103 Å². The van der Waals surface area contributed by atoms with Gasteiger partial charge in [-0.3, -0.25) is 48.5 Å². The zero-order valence-corrected chi connectivity index (χ0v) is 70.1. The summed E-state index contributed by atoms with van der Waals surface area (Å²) in [4.78, 5) is 139. The van der Waals surface area contributed by atoms with Gasteiger partial charge in [0.1, 0.15) is 108 Å². The van der Waals surface area contributed by atoms with Crippen molar-refractivity contribution >= 4 is 76.4 Å². The third kappa shape index (κ3) is 19.2. The molecule has 0 aromatic heterocycles. The molecule has 0 unspecified atom stereocenters. The fourth-order valence-corrected chi connectivity index (χ4v) is 19.0. The number of ether oxygens (including phenoxy) is 6. The Bertz CT molecular complexity index is 5060. The van der Waals surface area contributed by atoms with Gasteiger partial charge in [-0.1, -0.05) is 55.2 Å². The second-order valence-corrected chi connectivity index (χ2v) is 35.0. The number of likely N-dealkylation sites (N-methyl/N-ethyl adjacent to an activating group) is 2. The van der Waals surface area contributed by atoms with Gasteiger partial charge in [0.2, 0.25) is 53.0 Å². The lowest BCUT2D eigenvalue weighted by Gasteiger charge is -2.54. The molecule has 15 bridgehead atoms. The number of imide groups is 1. The van der Waals surface area contributed by atoms with E-state index in [9.17, 15) is 60.3 Å². The van der Waals surface area contributed by atoms with Gasteiger partial charge in [0, 0.05) is 59.8 Å². The molecule has 9 amide bonds. The SMILES string of the molecule is CNCCOc1ccc(C(=O)NC(=O)C[C@@H]2NC(=O)[C@H](NC(=O)[C@@H](CC(C)C)NC)[C@H](O)c3ccc(c(Cl)c3)Oc3cc4cc(c3O[C@@H]3C[C@H](CO)[C@@H](O)[C@H](O)[C@H]3O[C@H]3C[C@](C)(N)[C@H](O)[C@H](C)O3)Oc3ccc(cc3Cl)[C@@H](O)[C@@H]3NC(=O)[C@H](NC(=O)[C@@H]4NC2=O)c2ccc(O)c(c2)-c2c(O)cc(O)cc2[C@@H](C(=O)NC2C4CC5CC(C4)CC2C5)NC3=O)cc1. The summed E-state index contributed by atoms with van der Waals surface area (Å²) in [5.74, 6) is -15.1. The Morgan fingerprint density at radius 3 is 1.90 bits per heavy atom. The molecule has 6 heterocycles. The number of fused-ring (bicyclic) bond motifs is 15. The lowest BCUT2D eigenvalue weighted by Crippen LogP contribution is -2.63. The number of aliphatic hydroxyl groups is 6. The maximum Gasteiger partial charge on any atom is 0.257 e. The van der Waals surface area contributed by atoms with Crippen LogP contribution in [0.2, 0.25) is 10.0 Å². The van der Waals surface area contributed by atoms with Crippen LogP contribution in [-0.2, 0) is 47.8 Å². The van der Waals surface area contributed by atoms with Crippen molar-refractivity contribution in [2.24, 2.45) is 41.2 Å². The van der Waals surface area contributed by atoms with Crippen molar-refractivity contribution in [3.8, 4) is 62.9 Å². The highest BCUT2D eigenvalue weighted by Crippen LogP contribution is 2.55. The van der Waals surface area contributed by atoms with Crippen LogP contribution in [0, 0.1) is 35.5 Å². The highest BCUT2D eigenvalue weighted by Gasteiger charge is 2.53. The lowest BCUT2D eigenvalue weighted by molar-refractivity contribution is -0.286. The second kappa shape index (κ2) is 37.3. The van der Waals surface area contributed by atoms with E-state index >= 15 is 28.8 Å². The van der Waals surface area contributed by atoms with Crippen LogP contribution in [-0.4, -0.2) is 212 Å². The second-order valence-electron chi connectivity index (χ2n) is 34.2. The maximum atomic E-state index is 16.7. The Hall–Kier alpha value is -10.5. The quantitative estimate of drug-likeness (QED) is 0.0514. The molecule has 5 saturated carbocycles. The fourth-order valence-electron chi connectivity index (χ4n) is 18.6. The molecule has 1 saturated heterocycles. The topological polar surface area (TPSA) is 537 Å². The number of nitrogens with one attached hydrogen (secondary N) is 10. The third-order valence-electron chi connectivity index (χ3n) is 24.8. The summed E-state index contributed by atoms with van der Waals surface area (Å²) in [5.41, 5.74) is 3.01. The van der Waals surface area contributed by atoms with Crippen molar-refractivity contribution in [1.82, 2.24) is 53.2 Å². The van der Waals surface area contributed by atoms with Gasteiger partial charge in [-0.25, -0.2) is 0 Å². The van der Waals surface area contributed by atoms with Crippen LogP contribution >= 0.6 is 23.2 Å². The Morgan fingerprint density at radius 2 is 1.28 bits per heavy atom. The molecule has 664 valence electrons. The van der Waals surface area contributed by atoms with Gasteiger partial charge >= 0.3 is 0 Å². The number of phenolic OH excluding ortho intramolecular Hbond substituents is 3. The molecule has 6 fully saturated rings. The Labute approximate surface area is 722 Å². The molecule has 0 spiro atoms. The monoisotopic (exact) mass is 1760 g/mol. The molecule has 18 atom stereocenters. The summed E-state index contributed by atoms with van der Waals surface area (Å²) in [6.07, 6.45) is -11.9. The molecule has 35 nitrogen and oxygen atoms in total. The van der Waals surface area contributed by atoms with E-state index in [2.05, 4.69) is 53.2 Å². The Kier molecular flexibility index (Phi) is 27.0. The van der Waals surface area contributed by atoms with Gasteiger partial charge in [0.05, 0.1) is 40.8 Å². The van der Waals surface area contributed by atoms with E-state index in [0.717, 1.165) is 86.7 Å². The molecule has 5 aliphatic carbocycles. The molecular weight excluding hydrogens is 1650 g/mol. The number of amides is 9. The minimum absolute atomic E-state index is 0.0595. The first-order valence-corrected chi connectivity index (χ1v) is 42.1. The van der Waals surface area contributed by atoms with Crippen LogP contribution in [0.4, 0.5) is 0 Å². The van der Waals surface area contributed by atoms with Gasteiger partial charge in [-0.15, -0.1) is 0 Å². The number of hydrogen-bond acceptors (Lipinski definition) is 27. The highest BCUT2D eigenvalue weighted by molar-refractivity contribution is 6.32. The standard InChI is InChI=1S/C87H103Cl2N11O24/c1-36(2)19-54(92-6)80(112)99-70-72(106)42-10-15-58(52(88)26-42)121-60-28-46-29-61(76(60)123-62-30-47(35-101)74(108)75(109)77(62)124-64-34-87(4,90)78(110)37(3)120-64)122-59-16-11-43(27-53(59)89)73(107)71-86(118)98-69(84(116)95-66-44-21-38-20-39(23-44)24-45(66)22-38)51-31-48(102)32-57(104)65(51)50-25-41(9-14-56(50)103)67(82(114)100-71)97-83(115)68(46)96-81(113)55(93-85(70)117)33-63(105)94-79(111)40-7-12-49(13-8-40)119-18-17-91-5/h7-16,25-29,31-32,36-39,44-45,47,54-55,62,64,66-75,77-78,91-92,101-104,106-110H,17-24,30,33-35,90H2,1-6H3,(H,93,117)(H,95,116)(H,96,113)(H,97,115)(H,98,118)(H,99,112)(H,100,114)(H,94,105,111)/t37-,38?,39?,44?,45?,47+,54+,55-,62+,64-,66?,67+,68+,69-,70+,71-,72+,73+,74+,75-,77-,78+,87-/m0/s1. The first kappa shape index (κ1) is 89.8. The van der Waals surface area contributed by atoms with E-state index in [4.69, 9.17) is 57.4 Å². The average Bonchev–Trinajstić information content (AvgIpc) is 0.758. The van der Waals surface area contributed by atoms with Gasteiger partial charge in [-0.2, -0.15) is 0 Å². The summed E-state index contributed by atoms with van der Waals surface area (Å²) in [6, 6.07) is 5.86. The largest absolute Gasteiger partial charge is 0.508 e. The van der Waals surface area contributed by atoms with Crippen LogP contribution < -0.4 is 77.8 Å². The molecule has 0 radical (unpaired) electrons. The van der Waals surface area contributed by atoms with Crippen molar-refractivity contribution in [1.29, 1.82) is 0 Å². The minimum Gasteiger partial charge on any atom is -0.508 e. The van der Waals surface area contributed by atoms with Gasteiger partial charge in [-0.05, 0) is 209 Å². The van der Waals surface area contributed by atoms with E-state index < -0.39 is 215 Å². The third-order valence-corrected chi connectivity index (χ3v) is 25.4. The molecule has 124 heavy (non-hydrogen) atoms. The molecule has 17 rings (SSSR count). The van der Waals surface area contributed by atoms with Gasteiger partial charge in [0.25, 0.3) is 5.91 Å². The number of carbonyl (C=O) groups excluding carboxylic acids is 9. The zero-order valence-electron chi connectivity index (χ0n) is 68.6. The van der Waals surface area contributed by atoms with Gasteiger partial charge in [0.15, 0.2) is 17.8 Å². The number of carbonyl (C=O) groups is 9. The summed E-state index contributed by atoms with van der Waals surface area (Å²) in [6.45, 7) is 6.70. The normalized spacial score (nSPS) is 30.5. The van der Waals surface area contributed by atoms with E-state index in [0.29, 0.717) is 24.1 Å². The predicted octanol–water partition coefficient (Wildman–Crippen LogP) is 3.70. The highest BCUT2D eigenvalue weighted by atomic mass is 35.5. The van der Waals surface area contributed by atoms with Crippen LogP contribution in [0.5, 0.6) is 51.7 Å². The summed E-state index contributed by atoms with van der Waals surface area (Å²) in [5, 5.41) is 133. The number of halogens is 2. The first-order chi connectivity index (χ1) is 59.0. The van der Waals surface area contributed by atoms with Crippen molar-refractivity contribution < 1.29 is 118 Å². The van der Waals surface area contributed by atoms with Crippen molar-refractivity contribution in [2.45, 2.75) is 194 Å². The number of aromatic hydroxyl groups is 3. The van der Waals surface area contributed by atoms with E-state index in [-0.39, 0.29) is 110 Å². The summed E-state index contributed by atoms with van der Waals surface area (Å²) in [7, 11) is 3.21. The van der Waals surface area contributed by atoms with E-state index in [1.165, 1.54) is 62.5 Å². The number of benzene rings is 6. The first-order valence-electron chi connectivity index (χ1n) is 41.4. The average molecular weight is 1760 g/mol. The molecular formula is C87H103Cl2N11O24. The summed E-state index contributed by atoms with van der Waals surface area (Å²) >= 11 is 14.5. The Balaban J connectivity index is 0.963. The number of hydrogen-bond donors (Lipinski definition) is 20. The molecule has 6 aliphatic heterocycles. The number of nitrogens with two attached hydrogens (primary N) is 1. The molecule has 6 aromatic carbocycles. The zero-order chi connectivity index (χ0) is 88.8. The van der Waals surface area contributed by atoms with E-state index in [1.54, 1.807) is 14.0 Å². The molecule has 37 heteroatoms. The van der Waals surface area contributed by atoms with Crippen molar-refractivity contribution in [3.63, 3.8) is 0 Å². The Morgan fingerprint density at radius 1 is 0.661 bits per heavy atom. The number of phenols is 3. The number of rotatable bonds is 19. The van der Waals surface area contributed by atoms with Crippen molar-refractivity contribution in [2.75, 3.05) is 33.9 Å². The fraction of sp³-hybridized carbons (Fsp3) is 0.483. The lowest BCUT2D eigenvalue weighted by atomic mass is 9.54. The van der Waals surface area contributed by atoms with Crippen LogP contribution in [0.1, 0.15) is 154 Å². The summed E-state index contributed by atoms with van der Waals surface area (Å²) < 4.78 is 39.0. The molecule has 6 aromatic rings. The molecule has 11 aliphatic rings. The minimum atomic E-state index is -2.39. The maximum absolute atomic E-state index is 16.7. The number of aliphatic hydroxyl groups excluding tert-OH is 6. The van der Waals surface area contributed by atoms with Crippen LogP contribution in [0.25, 0.3) is 11.1 Å². The molecule has 21 N–H and O–H groups in total.